The Kier molecular flexibility index (Phi) is 4.59. The zero-order valence-corrected chi connectivity index (χ0v) is 14.9. The van der Waals surface area contributed by atoms with Gasteiger partial charge in [0.25, 0.3) is 0 Å². The number of carbonyl (C=O) groups is 1. The molecule has 1 aromatic heterocycles. The lowest BCUT2D eigenvalue weighted by Crippen LogP contribution is -2.39. The van der Waals surface area contributed by atoms with Gasteiger partial charge in [-0.2, -0.15) is 0 Å². The second kappa shape index (κ2) is 6.47. The van der Waals surface area contributed by atoms with Crippen molar-refractivity contribution in [3.05, 3.63) is 51.2 Å². The first kappa shape index (κ1) is 15.6. The highest BCUT2D eigenvalue weighted by Gasteiger charge is 2.26. The lowest BCUT2D eigenvalue weighted by Gasteiger charge is -2.29. The van der Waals surface area contributed by atoms with Gasteiger partial charge in [-0.1, -0.05) is 17.7 Å². The zero-order valence-electron chi connectivity index (χ0n) is 13.3. The summed E-state index contributed by atoms with van der Waals surface area (Å²) in [7, 11) is 0. The van der Waals surface area contributed by atoms with Crippen LogP contribution in [0.5, 0.6) is 0 Å². The van der Waals surface area contributed by atoms with Crippen molar-refractivity contribution in [2.45, 2.75) is 43.9 Å². The van der Waals surface area contributed by atoms with Crippen LogP contribution in [0.3, 0.4) is 0 Å². The lowest BCUT2D eigenvalue weighted by atomic mass is 10.1. The molecule has 1 atom stereocenters. The fourth-order valence-electron chi connectivity index (χ4n) is 2.77. The van der Waals surface area contributed by atoms with Gasteiger partial charge in [0.1, 0.15) is 0 Å². The maximum Gasteiger partial charge on any atom is 0.236 e. The number of thioether (sulfide) groups is 1. The first-order valence-corrected chi connectivity index (χ1v) is 9.38. The van der Waals surface area contributed by atoms with Crippen LogP contribution in [0.15, 0.2) is 34.5 Å². The maximum absolute atomic E-state index is 12.7. The van der Waals surface area contributed by atoms with Crippen LogP contribution in [-0.4, -0.2) is 22.6 Å². The van der Waals surface area contributed by atoms with E-state index in [-0.39, 0.29) is 11.2 Å². The van der Waals surface area contributed by atoms with Gasteiger partial charge in [-0.05, 0) is 55.8 Å². The van der Waals surface area contributed by atoms with Gasteiger partial charge < -0.3 is 4.90 Å². The van der Waals surface area contributed by atoms with Crippen LogP contribution in [-0.2, 0) is 17.8 Å². The van der Waals surface area contributed by atoms with Gasteiger partial charge in [-0.3, -0.25) is 4.79 Å². The van der Waals surface area contributed by atoms with Crippen molar-refractivity contribution in [2.24, 2.45) is 0 Å². The number of nitrogens with zero attached hydrogens (tertiary/aromatic N) is 1. The predicted molar refractivity (Wildman–Crippen MR) is 94.7 cm³/mol. The predicted octanol–water partition coefficient (Wildman–Crippen LogP) is 4.43. The summed E-state index contributed by atoms with van der Waals surface area (Å²) in [4.78, 5) is 17.4. The van der Waals surface area contributed by atoms with E-state index in [1.54, 1.807) is 11.8 Å². The van der Waals surface area contributed by atoms with E-state index in [0.29, 0.717) is 0 Å². The zero-order chi connectivity index (χ0) is 15.7. The lowest BCUT2D eigenvalue weighted by molar-refractivity contribution is -0.131. The van der Waals surface area contributed by atoms with Crippen LogP contribution in [0, 0.1) is 13.8 Å². The van der Waals surface area contributed by atoms with Crippen LogP contribution in [0.4, 0.5) is 0 Å². The van der Waals surface area contributed by atoms with Crippen molar-refractivity contribution in [1.29, 1.82) is 0 Å². The number of amides is 1. The van der Waals surface area contributed by atoms with Crippen molar-refractivity contribution in [3.63, 3.8) is 0 Å². The number of hydrogen-bond donors (Lipinski definition) is 0. The van der Waals surface area contributed by atoms with E-state index in [1.165, 1.54) is 26.5 Å². The maximum atomic E-state index is 12.7. The molecule has 2 aromatic rings. The summed E-state index contributed by atoms with van der Waals surface area (Å²) in [5.74, 6) is 0.253. The highest BCUT2D eigenvalue weighted by molar-refractivity contribution is 8.00. The normalized spacial score (nSPS) is 15.5. The van der Waals surface area contributed by atoms with Gasteiger partial charge >= 0.3 is 0 Å². The van der Waals surface area contributed by atoms with Crippen molar-refractivity contribution in [1.82, 2.24) is 4.90 Å². The minimum Gasteiger partial charge on any atom is -0.337 e. The summed E-state index contributed by atoms with van der Waals surface area (Å²) in [6.45, 7) is 7.85. The Labute approximate surface area is 140 Å². The largest absolute Gasteiger partial charge is 0.337 e. The SMILES string of the molecule is Cc1ccc(C)c(SC(C)C(=O)N2CCc3sccc3C2)c1. The summed E-state index contributed by atoms with van der Waals surface area (Å²) in [5.41, 5.74) is 3.82. The topological polar surface area (TPSA) is 20.3 Å². The third-order valence-corrected chi connectivity index (χ3v) is 6.39. The molecule has 1 aromatic carbocycles. The van der Waals surface area contributed by atoms with Crippen LogP contribution in [0.25, 0.3) is 0 Å². The Bertz CT molecular complexity index is 692. The van der Waals surface area contributed by atoms with Gasteiger partial charge in [-0.25, -0.2) is 0 Å². The monoisotopic (exact) mass is 331 g/mol. The fraction of sp³-hybridized carbons (Fsp3) is 0.389. The second-order valence-corrected chi connectivity index (χ2v) is 8.29. The highest BCUT2D eigenvalue weighted by atomic mass is 32.2. The van der Waals surface area contributed by atoms with E-state index in [9.17, 15) is 4.79 Å². The molecular weight excluding hydrogens is 310 g/mol. The molecule has 0 radical (unpaired) electrons. The quantitative estimate of drug-likeness (QED) is 0.776. The van der Waals surface area contributed by atoms with E-state index >= 15 is 0 Å². The molecule has 1 aliphatic rings. The Morgan fingerprint density at radius 2 is 2.14 bits per heavy atom. The van der Waals surface area contributed by atoms with E-state index < -0.39 is 0 Å². The molecule has 4 heteroatoms. The van der Waals surface area contributed by atoms with E-state index in [4.69, 9.17) is 0 Å². The average molecular weight is 332 g/mol. The minimum absolute atomic E-state index is 0.0410. The van der Waals surface area contributed by atoms with Gasteiger partial charge in [0.15, 0.2) is 0 Å². The minimum atomic E-state index is -0.0410. The van der Waals surface area contributed by atoms with E-state index in [2.05, 4.69) is 43.5 Å². The molecule has 1 unspecified atom stereocenters. The average Bonchev–Trinajstić information content (AvgIpc) is 2.97. The number of fused-ring (bicyclic) bond motifs is 1. The molecule has 22 heavy (non-hydrogen) atoms. The smallest absolute Gasteiger partial charge is 0.236 e. The Balaban J connectivity index is 1.69. The van der Waals surface area contributed by atoms with Gasteiger partial charge in [0, 0.05) is 22.9 Å². The highest BCUT2D eigenvalue weighted by Crippen LogP contribution is 2.30. The number of aryl methyl sites for hydroxylation is 2. The van der Waals surface area contributed by atoms with Gasteiger partial charge in [0.2, 0.25) is 5.91 Å². The van der Waals surface area contributed by atoms with Crippen LogP contribution in [0.1, 0.15) is 28.5 Å². The van der Waals surface area contributed by atoms with Crippen LogP contribution in [0.2, 0.25) is 0 Å². The molecule has 0 aliphatic carbocycles. The summed E-state index contributed by atoms with van der Waals surface area (Å²) >= 11 is 3.49. The van der Waals surface area contributed by atoms with Crippen molar-refractivity contribution >= 4 is 29.0 Å². The number of hydrogen-bond acceptors (Lipinski definition) is 3. The van der Waals surface area contributed by atoms with Gasteiger partial charge in [-0.15, -0.1) is 23.1 Å². The molecule has 0 bridgehead atoms. The molecule has 0 spiro atoms. The first-order chi connectivity index (χ1) is 10.5. The molecule has 2 heterocycles. The van der Waals surface area contributed by atoms with E-state index in [1.807, 2.05) is 23.2 Å². The molecule has 0 saturated carbocycles. The standard InChI is InChI=1S/C18H21NOS2/c1-12-4-5-13(2)17(10-12)22-14(3)18(20)19-8-6-16-15(11-19)7-9-21-16/h4-5,7,9-10,14H,6,8,11H2,1-3H3. The molecule has 1 amide bonds. The Hall–Kier alpha value is -1.26. The third kappa shape index (κ3) is 3.23. The van der Waals surface area contributed by atoms with Crippen molar-refractivity contribution in [2.75, 3.05) is 6.54 Å². The third-order valence-electron chi connectivity index (χ3n) is 4.11. The molecule has 1 aliphatic heterocycles. The van der Waals surface area contributed by atoms with Crippen molar-refractivity contribution in [3.8, 4) is 0 Å². The second-order valence-electron chi connectivity index (χ2n) is 5.91. The van der Waals surface area contributed by atoms with Crippen molar-refractivity contribution < 1.29 is 4.79 Å². The van der Waals surface area contributed by atoms with Gasteiger partial charge in [0.05, 0.1) is 5.25 Å². The number of thiophene rings is 1. The molecule has 0 N–H and O–H groups in total. The molecule has 2 nitrogen and oxygen atoms in total. The first-order valence-electron chi connectivity index (χ1n) is 7.62. The molecule has 3 rings (SSSR count). The van der Waals surface area contributed by atoms with Crippen LogP contribution >= 0.6 is 23.1 Å². The molecular formula is C18H21NOS2. The molecule has 0 fully saturated rings. The Morgan fingerprint density at radius 3 is 2.95 bits per heavy atom. The molecule has 0 saturated heterocycles. The summed E-state index contributed by atoms with van der Waals surface area (Å²) < 4.78 is 0. The Morgan fingerprint density at radius 1 is 1.32 bits per heavy atom. The number of rotatable bonds is 3. The molecule has 116 valence electrons. The number of benzene rings is 1. The van der Waals surface area contributed by atoms with E-state index in [0.717, 1.165) is 19.5 Å². The number of carbonyl (C=O) groups excluding carboxylic acids is 1. The summed E-state index contributed by atoms with van der Waals surface area (Å²) in [6.07, 6.45) is 1.000. The van der Waals surface area contributed by atoms with Crippen LogP contribution < -0.4 is 0 Å². The summed E-state index contributed by atoms with van der Waals surface area (Å²) in [6, 6.07) is 8.58. The summed E-state index contributed by atoms with van der Waals surface area (Å²) in [5, 5.41) is 2.09. The fourth-order valence-corrected chi connectivity index (χ4v) is 4.80.